The van der Waals surface area contributed by atoms with Gasteiger partial charge in [0.25, 0.3) is 0 Å². The van der Waals surface area contributed by atoms with Crippen molar-refractivity contribution in [3.63, 3.8) is 0 Å². The van der Waals surface area contributed by atoms with Crippen LogP contribution in [0.1, 0.15) is 6.92 Å². The van der Waals surface area contributed by atoms with Crippen LogP contribution >= 0.6 is 27.7 Å². The molecule has 3 rings (SSSR count). The number of benzene rings is 1. The maximum Gasteiger partial charge on any atom is 0.164 e. The molecule has 0 radical (unpaired) electrons. The monoisotopic (exact) mass is 392 g/mol. The Labute approximate surface area is 135 Å². The van der Waals surface area contributed by atoms with E-state index in [0.29, 0.717) is 15.3 Å². The lowest BCUT2D eigenvalue weighted by Crippen LogP contribution is -2.39. The highest BCUT2D eigenvalue weighted by Crippen LogP contribution is 2.36. The maximum absolute atomic E-state index is 14.3. The van der Waals surface area contributed by atoms with Crippen molar-refractivity contribution in [2.24, 2.45) is 4.99 Å². The molecule has 0 bridgehead atoms. The van der Waals surface area contributed by atoms with Crippen molar-refractivity contribution in [2.45, 2.75) is 19.0 Å². The molecule has 0 unspecified atom stereocenters. The molecule has 1 saturated heterocycles. The summed E-state index contributed by atoms with van der Waals surface area (Å²) in [7, 11) is -3.10. The quantitative estimate of drug-likeness (QED) is 0.776. The van der Waals surface area contributed by atoms with Crippen molar-refractivity contribution in [1.29, 1.82) is 0 Å². The second-order valence-electron chi connectivity index (χ2n) is 5.02. The van der Waals surface area contributed by atoms with E-state index < -0.39 is 9.84 Å². The topological polar surface area (TPSA) is 49.7 Å². The Morgan fingerprint density at radius 3 is 2.90 bits per heavy atom. The van der Waals surface area contributed by atoms with Crippen molar-refractivity contribution in [3.8, 4) is 0 Å². The van der Waals surface area contributed by atoms with Crippen molar-refractivity contribution >= 4 is 48.4 Å². The molecule has 114 valence electrons. The average molecular weight is 393 g/mol. The number of amidine groups is 1. The van der Waals surface area contributed by atoms with Gasteiger partial charge in [0.1, 0.15) is 5.82 Å². The van der Waals surface area contributed by atoms with E-state index in [2.05, 4.69) is 20.9 Å². The van der Waals surface area contributed by atoms with E-state index in [-0.39, 0.29) is 29.4 Å². The Bertz CT molecular complexity index is 708. The Morgan fingerprint density at radius 1 is 1.48 bits per heavy atom. The van der Waals surface area contributed by atoms with Gasteiger partial charge in [0, 0.05) is 4.47 Å². The number of halogens is 2. The first-order chi connectivity index (χ1) is 9.91. The number of rotatable bonds is 2. The minimum atomic E-state index is -3.10. The predicted octanol–water partition coefficient (Wildman–Crippen LogP) is 2.68. The summed E-state index contributed by atoms with van der Waals surface area (Å²) < 4.78 is 38.6. The van der Waals surface area contributed by atoms with E-state index in [1.54, 1.807) is 17.0 Å². The third-order valence-corrected chi connectivity index (χ3v) is 6.59. The highest BCUT2D eigenvalue weighted by molar-refractivity contribution is 9.10. The molecule has 1 aromatic rings. The average Bonchev–Trinajstić information content (AvgIpc) is 2.82. The molecule has 0 saturated carbocycles. The van der Waals surface area contributed by atoms with Gasteiger partial charge in [-0.3, -0.25) is 4.99 Å². The Balaban J connectivity index is 2.03. The Morgan fingerprint density at radius 2 is 2.24 bits per heavy atom. The molecule has 0 aliphatic carbocycles. The summed E-state index contributed by atoms with van der Waals surface area (Å²) in [6.45, 7) is 1.99. The van der Waals surface area contributed by atoms with Crippen LogP contribution in [0.5, 0.6) is 0 Å². The summed E-state index contributed by atoms with van der Waals surface area (Å²) in [5.74, 6) is 0.517. The molecule has 2 aliphatic rings. The molecule has 0 amide bonds. The van der Waals surface area contributed by atoms with Gasteiger partial charge in [-0.05, 0) is 24.0 Å². The maximum atomic E-state index is 14.3. The van der Waals surface area contributed by atoms with Crippen molar-refractivity contribution in [3.05, 3.63) is 28.5 Å². The molecule has 1 fully saturated rings. The Hall–Kier alpha value is -0.600. The lowest BCUT2D eigenvalue weighted by molar-refractivity contribution is 0.600. The lowest BCUT2D eigenvalue weighted by Gasteiger charge is -2.26. The largest absolute Gasteiger partial charge is 0.312 e. The van der Waals surface area contributed by atoms with Crippen LogP contribution in [0.15, 0.2) is 27.7 Å². The zero-order valence-electron chi connectivity index (χ0n) is 11.3. The standard InChI is InChI=1S/C13H14BrFN2O2S2/c1-2-20-13-16-10-6-21(18,19)7-12(10)17(13)11-4-3-8(14)5-9(11)15/h3-5,10,12H,2,6-7H2,1H3/t10-,12-/m0/s1. The molecule has 0 aromatic heterocycles. The Kier molecular flexibility index (Phi) is 4.04. The van der Waals surface area contributed by atoms with Crippen LogP contribution in [0.2, 0.25) is 0 Å². The van der Waals surface area contributed by atoms with E-state index in [9.17, 15) is 12.8 Å². The number of fused-ring (bicyclic) bond motifs is 1. The molecule has 2 aliphatic heterocycles. The van der Waals surface area contributed by atoms with Crippen LogP contribution in [0.4, 0.5) is 10.1 Å². The molecule has 0 N–H and O–H groups in total. The van der Waals surface area contributed by atoms with Crippen LogP contribution < -0.4 is 4.90 Å². The number of nitrogens with zero attached hydrogens (tertiary/aromatic N) is 2. The van der Waals surface area contributed by atoms with Gasteiger partial charge in [0.2, 0.25) is 0 Å². The second-order valence-corrected chi connectivity index (χ2v) is 9.32. The van der Waals surface area contributed by atoms with Gasteiger partial charge in [0.05, 0.1) is 29.3 Å². The van der Waals surface area contributed by atoms with E-state index in [1.165, 1.54) is 17.8 Å². The lowest BCUT2D eigenvalue weighted by atomic mass is 10.1. The molecule has 2 heterocycles. The van der Waals surface area contributed by atoms with Gasteiger partial charge in [-0.15, -0.1) is 0 Å². The number of aliphatic imine (C=N–C) groups is 1. The summed E-state index contributed by atoms with van der Waals surface area (Å²) in [6, 6.07) is 4.23. The van der Waals surface area contributed by atoms with Crippen molar-refractivity contribution in [1.82, 2.24) is 0 Å². The van der Waals surface area contributed by atoms with Crippen molar-refractivity contribution < 1.29 is 12.8 Å². The van der Waals surface area contributed by atoms with Gasteiger partial charge >= 0.3 is 0 Å². The van der Waals surface area contributed by atoms with Gasteiger partial charge in [-0.2, -0.15) is 0 Å². The molecule has 4 nitrogen and oxygen atoms in total. The summed E-state index contributed by atoms with van der Waals surface area (Å²) in [5.41, 5.74) is 0.391. The van der Waals surface area contributed by atoms with Gasteiger partial charge in [0.15, 0.2) is 15.0 Å². The molecule has 2 atom stereocenters. The van der Waals surface area contributed by atoms with Crippen LogP contribution in [0.25, 0.3) is 0 Å². The number of thioether (sulfide) groups is 1. The van der Waals surface area contributed by atoms with Crippen LogP contribution in [-0.2, 0) is 9.84 Å². The molecule has 1 aromatic carbocycles. The fourth-order valence-corrected chi connectivity index (χ4v) is 5.74. The smallest absolute Gasteiger partial charge is 0.164 e. The molecule has 8 heteroatoms. The van der Waals surface area contributed by atoms with Gasteiger partial charge < -0.3 is 4.90 Å². The van der Waals surface area contributed by atoms with Gasteiger partial charge in [-0.25, -0.2) is 12.8 Å². The number of sulfone groups is 1. The van der Waals surface area contributed by atoms with Gasteiger partial charge in [-0.1, -0.05) is 34.6 Å². The third kappa shape index (κ3) is 2.85. The SMILES string of the molecule is CCSC1=N[C@H]2CS(=O)(=O)C[C@@H]2N1c1ccc(Br)cc1F. The second kappa shape index (κ2) is 5.55. The number of hydrogen-bond acceptors (Lipinski definition) is 5. The van der Waals surface area contributed by atoms with Crippen LogP contribution in [0, 0.1) is 5.82 Å². The zero-order chi connectivity index (χ0) is 15.2. The first-order valence-corrected chi connectivity index (χ1v) is 10.2. The van der Waals surface area contributed by atoms with E-state index >= 15 is 0 Å². The number of hydrogen-bond donors (Lipinski definition) is 0. The summed E-state index contributed by atoms with van der Waals surface area (Å²) in [4.78, 5) is 6.26. The highest BCUT2D eigenvalue weighted by Gasteiger charge is 2.47. The van der Waals surface area contributed by atoms with E-state index in [1.807, 2.05) is 6.92 Å². The highest BCUT2D eigenvalue weighted by atomic mass is 79.9. The first-order valence-electron chi connectivity index (χ1n) is 6.56. The van der Waals surface area contributed by atoms with Crippen LogP contribution in [0.3, 0.4) is 0 Å². The predicted molar refractivity (Wildman–Crippen MR) is 88.4 cm³/mol. The van der Waals surface area contributed by atoms with E-state index in [4.69, 9.17) is 0 Å². The minimum Gasteiger partial charge on any atom is -0.312 e. The zero-order valence-corrected chi connectivity index (χ0v) is 14.5. The first kappa shape index (κ1) is 15.3. The van der Waals surface area contributed by atoms with Crippen LogP contribution in [-0.4, -0.2) is 42.9 Å². The van der Waals surface area contributed by atoms with E-state index in [0.717, 1.165) is 5.75 Å². The summed E-state index contributed by atoms with van der Waals surface area (Å²) in [5, 5.41) is 0.712. The normalized spacial score (nSPS) is 26.8. The minimum absolute atomic E-state index is 0.0322. The van der Waals surface area contributed by atoms with Crippen molar-refractivity contribution in [2.75, 3.05) is 22.2 Å². The summed E-state index contributed by atoms with van der Waals surface area (Å²) in [6.07, 6.45) is 0. The summed E-state index contributed by atoms with van der Waals surface area (Å²) >= 11 is 4.75. The molecular weight excluding hydrogens is 379 g/mol. The number of anilines is 1. The fraction of sp³-hybridized carbons (Fsp3) is 0.462. The molecular formula is C13H14BrFN2O2S2. The molecule has 21 heavy (non-hydrogen) atoms. The fourth-order valence-electron chi connectivity index (χ4n) is 2.72. The molecule has 0 spiro atoms. The third-order valence-electron chi connectivity index (χ3n) is 3.55.